The van der Waals surface area contributed by atoms with Gasteiger partial charge in [0.1, 0.15) is 5.52 Å². The summed E-state index contributed by atoms with van der Waals surface area (Å²) in [4.78, 5) is 9.01. The van der Waals surface area contributed by atoms with Gasteiger partial charge in [-0.3, -0.25) is 5.32 Å². The molecule has 0 aliphatic carbocycles. The molecule has 0 aliphatic rings. The Morgan fingerprint density at radius 2 is 1.96 bits per heavy atom. The lowest BCUT2D eigenvalue weighted by molar-refractivity contribution is 0.620. The number of benzene rings is 3. The molecule has 0 aliphatic heterocycles. The Balaban J connectivity index is 1.74. The van der Waals surface area contributed by atoms with Crippen LogP contribution in [0.3, 0.4) is 0 Å². The van der Waals surface area contributed by atoms with Gasteiger partial charge in [0.15, 0.2) is 16.9 Å². The molecule has 6 heteroatoms. The van der Waals surface area contributed by atoms with E-state index in [1.165, 1.54) is 17.1 Å². The van der Waals surface area contributed by atoms with E-state index in [-0.39, 0.29) is 0 Å². The first-order valence-corrected chi connectivity index (χ1v) is 9.17. The van der Waals surface area contributed by atoms with Gasteiger partial charge in [-0.25, -0.2) is 9.98 Å². The van der Waals surface area contributed by atoms with Crippen molar-refractivity contribution in [1.82, 2.24) is 10.3 Å². The second kappa shape index (κ2) is 6.90. The second-order valence-corrected chi connectivity index (χ2v) is 6.39. The van der Waals surface area contributed by atoms with Crippen LogP contribution in [0.5, 0.6) is 0 Å². The lowest BCUT2D eigenvalue weighted by Crippen LogP contribution is -2.12. The van der Waals surface area contributed by atoms with Crippen LogP contribution in [-0.2, 0) is 0 Å². The van der Waals surface area contributed by atoms with Crippen LogP contribution >= 0.6 is 11.8 Å². The van der Waals surface area contributed by atoms with Crippen molar-refractivity contribution >= 4 is 44.5 Å². The minimum Gasteiger partial charge on any atom is -0.436 e. The van der Waals surface area contributed by atoms with Gasteiger partial charge in [-0.2, -0.15) is 5.26 Å². The fourth-order valence-electron chi connectivity index (χ4n) is 2.72. The van der Waals surface area contributed by atoms with E-state index in [9.17, 15) is 0 Å². The summed E-state index contributed by atoms with van der Waals surface area (Å²) in [5.74, 6) is 0.576. The van der Waals surface area contributed by atoms with Crippen molar-refractivity contribution in [1.29, 1.82) is 5.26 Å². The first-order chi connectivity index (χ1) is 12.8. The number of amidine groups is 1. The highest BCUT2D eigenvalue weighted by Crippen LogP contribution is 2.29. The summed E-state index contributed by atoms with van der Waals surface area (Å²) >= 11 is 1.37. The fraction of sp³-hybridized carbons (Fsp3) is 0.0500. The number of aromatic nitrogens is 1. The van der Waals surface area contributed by atoms with Crippen LogP contribution in [-0.4, -0.2) is 16.4 Å². The monoisotopic (exact) mass is 358 g/mol. The summed E-state index contributed by atoms with van der Waals surface area (Å²) in [6, 6.07) is 19.9. The third kappa shape index (κ3) is 3.13. The smallest absolute Gasteiger partial charge is 0.227 e. The van der Waals surface area contributed by atoms with Gasteiger partial charge in [0.2, 0.25) is 5.89 Å². The van der Waals surface area contributed by atoms with Crippen LogP contribution in [0.15, 0.2) is 70.1 Å². The van der Waals surface area contributed by atoms with Gasteiger partial charge >= 0.3 is 0 Å². The number of oxazole rings is 1. The normalized spacial score (nSPS) is 11.6. The van der Waals surface area contributed by atoms with Crippen molar-refractivity contribution < 1.29 is 4.42 Å². The van der Waals surface area contributed by atoms with Crippen molar-refractivity contribution in [3.05, 3.63) is 60.7 Å². The standard InChI is InChI=1S/C20H14N4OS/c1-26-20(22-12-21)23-16-8-9-18-17(11-16)24-19(25-18)15-7-6-13-4-2-3-5-14(13)10-15/h2-11H,1H3,(H,22,23). The van der Waals surface area contributed by atoms with Crippen LogP contribution in [0.2, 0.25) is 0 Å². The first-order valence-electron chi connectivity index (χ1n) is 7.94. The Morgan fingerprint density at radius 1 is 1.12 bits per heavy atom. The molecule has 4 rings (SSSR count). The molecule has 0 fully saturated rings. The van der Waals surface area contributed by atoms with Gasteiger partial charge < -0.3 is 4.42 Å². The molecule has 5 nitrogen and oxygen atoms in total. The van der Waals surface area contributed by atoms with Crippen molar-refractivity contribution in [3.8, 4) is 17.6 Å². The van der Waals surface area contributed by atoms with E-state index in [0.29, 0.717) is 22.3 Å². The number of aliphatic imine (C=N–C) groups is 1. The second-order valence-electron chi connectivity index (χ2n) is 5.59. The lowest BCUT2D eigenvalue weighted by atomic mass is 10.1. The van der Waals surface area contributed by atoms with Gasteiger partial charge in [-0.05, 0) is 47.4 Å². The predicted octanol–water partition coefficient (Wildman–Crippen LogP) is 5.07. The summed E-state index contributed by atoms with van der Waals surface area (Å²) < 4.78 is 5.90. The topological polar surface area (TPSA) is 74.2 Å². The van der Waals surface area contributed by atoms with Gasteiger partial charge in [0.05, 0.1) is 5.69 Å². The zero-order valence-electron chi connectivity index (χ0n) is 13.9. The number of rotatable bonds is 2. The molecule has 0 spiro atoms. The van der Waals surface area contributed by atoms with Crippen LogP contribution in [0.1, 0.15) is 0 Å². The number of nitrogens with one attached hydrogen (secondary N) is 1. The average Bonchev–Trinajstić information content (AvgIpc) is 3.10. The molecular formula is C20H14N4OS. The molecule has 0 radical (unpaired) electrons. The maximum absolute atomic E-state index is 8.74. The summed E-state index contributed by atoms with van der Waals surface area (Å²) in [7, 11) is 0. The maximum Gasteiger partial charge on any atom is 0.227 e. The first kappa shape index (κ1) is 16.2. The molecule has 3 aromatic carbocycles. The number of fused-ring (bicyclic) bond motifs is 2. The van der Waals surface area contributed by atoms with Crippen LogP contribution in [0, 0.1) is 11.5 Å². The van der Waals surface area contributed by atoms with Crippen molar-refractivity contribution in [2.45, 2.75) is 0 Å². The molecule has 0 atom stereocenters. The zero-order chi connectivity index (χ0) is 17.9. The Hall–Kier alpha value is -3.30. The SMILES string of the molecule is CSC(=Nc1ccc2oc(-c3ccc4ccccc4c3)nc2c1)NC#N. The quantitative estimate of drug-likeness (QED) is 0.234. The molecule has 0 unspecified atom stereocenters. The van der Waals surface area contributed by atoms with E-state index in [2.05, 4.69) is 39.6 Å². The largest absolute Gasteiger partial charge is 0.436 e. The molecule has 1 N–H and O–H groups in total. The minimum atomic E-state index is 0.532. The van der Waals surface area contributed by atoms with Crippen LogP contribution in [0.25, 0.3) is 33.3 Å². The highest BCUT2D eigenvalue weighted by Gasteiger charge is 2.10. The zero-order valence-corrected chi connectivity index (χ0v) is 14.7. The van der Waals surface area contributed by atoms with Gasteiger partial charge in [-0.1, -0.05) is 42.1 Å². The average molecular weight is 358 g/mol. The lowest BCUT2D eigenvalue weighted by Gasteiger charge is -1.99. The molecule has 1 heterocycles. The van der Waals surface area contributed by atoms with Gasteiger partial charge in [0.25, 0.3) is 0 Å². The van der Waals surface area contributed by atoms with E-state index in [1.54, 1.807) is 0 Å². The van der Waals surface area contributed by atoms with Crippen LogP contribution in [0.4, 0.5) is 5.69 Å². The molecule has 4 aromatic rings. The number of nitriles is 1. The summed E-state index contributed by atoms with van der Waals surface area (Å²) in [6.07, 6.45) is 3.74. The van der Waals surface area contributed by atoms with Crippen molar-refractivity contribution in [2.75, 3.05) is 6.26 Å². The Morgan fingerprint density at radius 3 is 2.77 bits per heavy atom. The highest BCUT2D eigenvalue weighted by molar-refractivity contribution is 8.13. The van der Waals surface area contributed by atoms with E-state index in [4.69, 9.17) is 9.68 Å². The molecule has 0 bridgehead atoms. The molecule has 0 saturated carbocycles. The Kier molecular flexibility index (Phi) is 4.30. The number of thioether (sulfide) groups is 1. The number of nitrogens with zero attached hydrogens (tertiary/aromatic N) is 3. The van der Waals surface area contributed by atoms with Gasteiger partial charge in [0, 0.05) is 5.56 Å². The van der Waals surface area contributed by atoms with E-state index >= 15 is 0 Å². The number of hydrogen-bond donors (Lipinski definition) is 1. The van der Waals surface area contributed by atoms with E-state index < -0.39 is 0 Å². The molecule has 0 amide bonds. The van der Waals surface area contributed by atoms with E-state index in [0.717, 1.165) is 16.5 Å². The minimum absolute atomic E-state index is 0.532. The summed E-state index contributed by atoms with van der Waals surface area (Å²) in [5.41, 5.74) is 3.07. The van der Waals surface area contributed by atoms with E-state index in [1.807, 2.05) is 48.8 Å². The molecule has 1 aromatic heterocycles. The molecular weight excluding hydrogens is 344 g/mol. The summed E-state index contributed by atoms with van der Waals surface area (Å²) in [6.45, 7) is 0. The van der Waals surface area contributed by atoms with Crippen molar-refractivity contribution in [2.24, 2.45) is 4.99 Å². The maximum atomic E-state index is 8.74. The molecule has 126 valence electrons. The van der Waals surface area contributed by atoms with Crippen molar-refractivity contribution in [3.63, 3.8) is 0 Å². The number of hydrogen-bond acceptors (Lipinski definition) is 5. The van der Waals surface area contributed by atoms with Gasteiger partial charge in [-0.15, -0.1) is 0 Å². The fourth-order valence-corrected chi connectivity index (χ4v) is 3.07. The Bertz CT molecular complexity index is 1170. The predicted molar refractivity (Wildman–Crippen MR) is 106 cm³/mol. The highest BCUT2D eigenvalue weighted by atomic mass is 32.2. The van der Waals surface area contributed by atoms with Crippen LogP contribution < -0.4 is 5.32 Å². The Labute approximate surface area is 154 Å². The molecule has 0 saturated heterocycles. The third-order valence-corrected chi connectivity index (χ3v) is 4.53. The third-order valence-electron chi connectivity index (χ3n) is 3.95. The molecule has 26 heavy (non-hydrogen) atoms. The summed E-state index contributed by atoms with van der Waals surface area (Å²) in [5, 5.41) is 14.1.